The smallest absolute Gasteiger partial charge is 0.121 e. The van der Waals surface area contributed by atoms with Gasteiger partial charge in [-0.25, -0.2) is 0 Å². The van der Waals surface area contributed by atoms with Crippen molar-refractivity contribution in [1.82, 2.24) is 0 Å². The molecule has 0 saturated carbocycles. The molecule has 84 valence electrons. The molecule has 0 fully saturated rings. The van der Waals surface area contributed by atoms with Gasteiger partial charge in [-0.05, 0) is 57.4 Å². The monoisotopic (exact) mass is 208 g/mol. The first-order valence-corrected chi connectivity index (χ1v) is 5.35. The lowest BCUT2D eigenvalue weighted by molar-refractivity contribution is 0.130. The normalized spacial score (nSPS) is 11.5. The van der Waals surface area contributed by atoms with Crippen LogP contribution in [-0.2, 0) is 6.42 Å². The van der Waals surface area contributed by atoms with Crippen LogP contribution in [0, 0.1) is 6.92 Å². The third-order valence-corrected chi connectivity index (χ3v) is 2.16. The van der Waals surface area contributed by atoms with E-state index in [0.29, 0.717) is 5.75 Å². The highest BCUT2D eigenvalue weighted by Crippen LogP contribution is 2.29. The maximum atomic E-state index is 9.76. The molecule has 0 amide bonds. The number of rotatable bonds is 2. The van der Waals surface area contributed by atoms with Crippen molar-refractivity contribution < 1.29 is 9.84 Å². The molecule has 0 heterocycles. The van der Waals surface area contributed by atoms with Crippen LogP contribution in [0.1, 0.15) is 38.8 Å². The zero-order valence-corrected chi connectivity index (χ0v) is 10.2. The maximum absolute atomic E-state index is 9.76. The summed E-state index contributed by atoms with van der Waals surface area (Å²) in [4.78, 5) is 0. The van der Waals surface area contributed by atoms with E-state index in [1.165, 1.54) is 0 Å². The van der Waals surface area contributed by atoms with Gasteiger partial charge in [-0.2, -0.15) is 0 Å². The Hall–Kier alpha value is -1.18. The second-order valence-corrected chi connectivity index (χ2v) is 4.82. The van der Waals surface area contributed by atoms with Crippen LogP contribution in [0.2, 0.25) is 0 Å². The summed E-state index contributed by atoms with van der Waals surface area (Å²) in [6.45, 7) is 9.96. The largest absolute Gasteiger partial charge is 0.507 e. The zero-order chi connectivity index (χ0) is 11.6. The highest BCUT2D eigenvalue weighted by Gasteiger charge is 2.14. The summed E-state index contributed by atoms with van der Waals surface area (Å²) < 4.78 is 5.77. The Balaban J connectivity index is 3.06. The molecular weight excluding hydrogens is 188 g/mol. The lowest BCUT2D eigenvalue weighted by Crippen LogP contribution is -2.23. The van der Waals surface area contributed by atoms with E-state index in [1.807, 2.05) is 46.8 Å². The highest BCUT2D eigenvalue weighted by molar-refractivity contribution is 5.45. The molecule has 0 unspecified atom stereocenters. The molecule has 0 aliphatic heterocycles. The first-order chi connectivity index (χ1) is 6.83. The van der Waals surface area contributed by atoms with E-state index in [4.69, 9.17) is 4.74 Å². The van der Waals surface area contributed by atoms with E-state index in [9.17, 15) is 5.11 Å². The van der Waals surface area contributed by atoms with Crippen LogP contribution in [0.15, 0.2) is 12.1 Å². The SMILES string of the molecule is CCc1cc(OC(C)(C)C)cc(C)c1O. The summed E-state index contributed by atoms with van der Waals surface area (Å²) in [5.41, 5.74) is 1.61. The summed E-state index contributed by atoms with van der Waals surface area (Å²) in [7, 11) is 0. The van der Waals surface area contributed by atoms with Gasteiger partial charge in [0.05, 0.1) is 0 Å². The van der Waals surface area contributed by atoms with Crippen molar-refractivity contribution in [2.45, 2.75) is 46.6 Å². The van der Waals surface area contributed by atoms with Gasteiger partial charge in [-0.15, -0.1) is 0 Å². The lowest BCUT2D eigenvalue weighted by atomic mass is 10.1. The van der Waals surface area contributed by atoms with Crippen LogP contribution in [0.25, 0.3) is 0 Å². The molecule has 0 radical (unpaired) electrons. The van der Waals surface area contributed by atoms with Crippen LogP contribution >= 0.6 is 0 Å². The molecule has 1 rings (SSSR count). The second kappa shape index (κ2) is 4.13. The average molecular weight is 208 g/mol. The van der Waals surface area contributed by atoms with Gasteiger partial charge in [-0.3, -0.25) is 0 Å². The molecule has 0 saturated heterocycles. The molecule has 0 aliphatic rings. The van der Waals surface area contributed by atoms with Crippen molar-refractivity contribution in [2.24, 2.45) is 0 Å². The fraction of sp³-hybridized carbons (Fsp3) is 0.538. The van der Waals surface area contributed by atoms with Crippen LogP contribution in [0.4, 0.5) is 0 Å². The fourth-order valence-electron chi connectivity index (χ4n) is 1.50. The maximum Gasteiger partial charge on any atom is 0.121 e. The van der Waals surface area contributed by atoms with E-state index in [1.54, 1.807) is 0 Å². The Bertz CT molecular complexity index is 348. The Morgan fingerprint density at radius 1 is 1.27 bits per heavy atom. The summed E-state index contributed by atoms with van der Waals surface area (Å²) in [5, 5.41) is 9.76. The molecule has 1 aromatic rings. The third-order valence-electron chi connectivity index (χ3n) is 2.16. The molecular formula is C13H20O2. The topological polar surface area (TPSA) is 29.5 Å². The van der Waals surface area contributed by atoms with Crippen molar-refractivity contribution in [3.63, 3.8) is 0 Å². The molecule has 0 bridgehead atoms. The van der Waals surface area contributed by atoms with Crippen LogP contribution < -0.4 is 4.74 Å². The standard InChI is InChI=1S/C13H20O2/c1-6-10-8-11(15-13(3,4)5)7-9(2)12(10)14/h7-8,14H,6H2,1-5H3. The Morgan fingerprint density at radius 3 is 2.33 bits per heavy atom. The van der Waals surface area contributed by atoms with Crippen molar-refractivity contribution in [3.05, 3.63) is 23.3 Å². The summed E-state index contributed by atoms with van der Waals surface area (Å²) >= 11 is 0. The minimum Gasteiger partial charge on any atom is -0.507 e. The minimum atomic E-state index is -0.200. The van der Waals surface area contributed by atoms with Gasteiger partial charge in [-0.1, -0.05) is 6.92 Å². The van der Waals surface area contributed by atoms with Gasteiger partial charge < -0.3 is 9.84 Å². The van der Waals surface area contributed by atoms with Crippen molar-refractivity contribution >= 4 is 0 Å². The molecule has 0 aromatic heterocycles. The number of benzene rings is 1. The van der Waals surface area contributed by atoms with Crippen LogP contribution in [0.3, 0.4) is 0 Å². The van der Waals surface area contributed by atoms with E-state index >= 15 is 0 Å². The van der Waals surface area contributed by atoms with E-state index in [0.717, 1.165) is 23.3 Å². The number of aromatic hydroxyl groups is 1. The number of aryl methyl sites for hydroxylation is 2. The highest BCUT2D eigenvalue weighted by atomic mass is 16.5. The summed E-state index contributed by atoms with van der Waals surface area (Å²) in [5.74, 6) is 1.22. The number of ether oxygens (including phenoxy) is 1. The summed E-state index contributed by atoms with van der Waals surface area (Å²) in [6.07, 6.45) is 0.814. The predicted molar refractivity (Wildman–Crippen MR) is 62.6 cm³/mol. The van der Waals surface area contributed by atoms with E-state index in [-0.39, 0.29) is 5.60 Å². The quantitative estimate of drug-likeness (QED) is 0.806. The van der Waals surface area contributed by atoms with Crippen molar-refractivity contribution in [3.8, 4) is 11.5 Å². The van der Waals surface area contributed by atoms with E-state index < -0.39 is 0 Å². The van der Waals surface area contributed by atoms with Crippen molar-refractivity contribution in [1.29, 1.82) is 0 Å². The zero-order valence-electron chi connectivity index (χ0n) is 10.2. The molecule has 2 heteroatoms. The molecule has 1 N–H and O–H groups in total. The van der Waals surface area contributed by atoms with E-state index in [2.05, 4.69) is 0 Å². The van der Waals surface area contributed by atoms with Gasteiger partial charge in [0.1, 0.15) is 17.1 Å². The molecule has 0 atom stereocenters. The third kappa shape index (κ3) is 3.15. The lowest BCUT2D eigenvalue weighted by Gasteiger charge is -2.22. The Labute approximate surface area is 91.9 Å². The number of phenolic OH excluding ortho intramolecular Hbond substituents is 1. The second-order valence-electron chi connectivity index (χ2n) is 4.82. The molecule has 2 nitrogen and oxygen atoms in total. The van der Waals surface area contributed by atoms with Gasteiger partial charge in [0.2, 0.25) is 0 Å². The number of hydrogen-bond donors (Lipinski definition) is 1. The molecule has 0 aliphatic carbocycles. The first-order valence-electron chi connectivity index (χ1n) is 5.35. The van der Waals surface area contributed by atoms with Crippen LogP contribution in [-0.4, -0.2) is 10.7 Å². The van der Waals surface area contributed by atoms with Crippen molar-refractivity contribution in [2.75, 3.05) is 0 Å². The minimum absolute atomic E-state index is 0.200. The molecule has 1 aromatic carbocycles. The number of hydrogen-bond acceptors (Lipinski definition) is 2. The average Bonchev–Trinajstić information content (AvgIpc) is 2.08. The number of phenols is 1. The first kappa shape index (κ1) is 11.9. The van der Waals surface area contributed by atoms with Gasteiger partial charge >= 0.3 is 0 Å². The Morgan fingerprint density at radius 2 is 1.87 bits per heavy atom. The van der Waals surface area contributed by atoms with Gasteiger partial charge in [0.15, 0.2) is 0 Å². The predicted octanol–water partition coefficient (Wildman–Crippen LogP) is 3.44. The molecule has 15 heavy (non-hydrogen) atoms. The Kier molecular flexibility index (Phi) is 3.28. The van der Waals surface area contributed by atoms with Gasteiger partial charge in [0, 0.05) is 0 Å². The fourth-order valence-corrected chi connectivity index (χ4v) is 1.50. The van der Waals surface area contributed by atoms with Gasteiger partial charge in [0.25, 0.3) is 0 Å². The molecule has 0 spiro atoms. The van der Waals surface area contributed by atoms with Crippen LogP contribution in [0.5, 0.6) is 11.5 Å². The summed E-state index contributed by atoms with van der Waals surface area (Å²) in [6, 6.07) is 3.79.